The number of methoxy groups -OCH3 is 1. The third kappa shape index (κ3) is 2.08. The van der Waals surface area contributed by atoms with Crippen molar-refractivity contribution < 1.29 is 4.74 Å². The Kier molecular flexibility index (Phi) is 3.26. The maximum Gasteiger partial charge on any atom is 0.125 e. The van der Waals surface area contributed by atoms with Gasteiger partial charge in [0.05, 0.1) is 23.6 Å². The number of hydrogen-bond acceptors (Lipinski definition) is 2. The van der Waals surface area contributed by atoms with Crippen LogP contribution in [-0.4, -0.2) is 7.11 Å². The standard InChI is InChI=1S/C12H14ClNO/c1-8-5-6-9(15-4)10(11(8)13)12(2,3)7-14/h5-6H,1-4H3. The van der Waals surface area contributed by atoms with Gasteiger partial charge in [-0.3, -0.25) is 0 Å². The molecular formula is C12H14ClNO. The van der Waals surface area contributed by atoms with E-state index in [1.807, 2.05) is 32.9 Å². The SMILES string of the molecule is COc1ccc(C)c(Cl)c1C(C)(C)C#N. The molecule has 0 spiro atoms. The van der Waals surface area contributed by atoms with Gasteiger partial charge in [0.15, 0.2) is 0 Å². The summed E-state index contributed by atoms with van der Waals surface area (Å²) in [4.78, 5) is 0. The molecule has 0 saturated carbocycles. The molecule has 0 atom stereocenters. The van der Waals surface area contributed by atoms with Crippen LogP contribution < -0.4 is 4.74 Å². The van der Waals surface area contributed by atoms with Crippen molar-refractivity contribution in [3.8, 4) is 11.8 Å². The maximum atomic E-state index is 9.12. The Bertz CT molecular complexity index is 418. The highest BCUT2D eigenvalue weighted by Gasteiger charge is 2.27. The van der Waals surface area contributed by atoms with Gasteiger partial charge < -0.3 is 4.74 Å². The molecule has 0 aromatic heterocycles. The molecule has 1 aromatic rings. The molecular weight excluding hydrogens is 210 g/mol. The largest absolute Gasteiger partial charge is 0.496 e. The lowest BCUT2D eigenvalue weighted by atomic mass is 9.84. The van der Waals surface area contributed by atoms with Gasteiger partial charge in [0.25, 0.3) is 0 Å². The highest BCUT2D eigenvalue weighted by molar-refractivity contribution is 6.32. The molecule has 0 fully saturated rings. The lowest BCUT2D eigenvalue weighted by Gasteiger charge is -2.21. The molecule has 3 heteroatoms. The molecule has 0 saturated heterocycles. The molecule has 0 N–H and O–H groups in total. The highest BCUT2D eigenvalue weighted by Crippen LogP contribution is 2.38. The van der Waals surface area contributed by atoms with Gasteiger partial charge >= 0.3 is 0 Å². The minimum absolute atomic E-state index is 0.612. The van der Waals surface area contributed by atoms with E-state index in [2.05, 4.69) is 6.07 Å². The van der Waals surface area contributed by atoms with Crippen molar-refractivity contribution in [1.82, 2.24) is 0 Å². The summed E-state index contributed by atoms with van der Waals surface area (Å²) in [5, 5.41) is 9.73. The molecule has 1 rings (SSSR count). The number of halogens is 1. The van der Waals surface area contributed by atoms with Gasteiger partial charge in [0.1, 0.15) is 5.75 Å². The fraction of sp³-hybridized carbons (Fsp3) is 0.417. The Morgan fingerprint density at radius 3 is 2.47 bits per heavy atom. The normalized spacial score (nSPS) is 10.9. The number of hydrogen-bond donors (Lipinski definition) is 0. The van der Waals surface area contributed by atoms with Crippen molar-refractivity contribution in [3.63, 3.8) is 0 Å². The second kappa shape index (κ2) is 4.12. The average molecular weight is 224 g/mol. The molecule has 0 aliphatic carbocycles. The zero-order valence-electron chi connectivity index (χ0n) is 9.39. The minimum Gasteiger partial charge on any atom is -0.496 e. The molecule has 0 bridgehead atoms. The first-order chi connectivity index (χ1) is 6.94. The van der Waals surface area contributed by atoms with Crippen LogP contribution in [0.2, 0.25) is 5.02 Å². The molecule has 1 aromatic carbocycles. The van der Waals surface area contributed by atoms with E-state index in [9.17, 15) is 0 Å². The maximum absolute atomic E-state index is 9.12. The number of nitrogens with zero attached hydrogens (tertiary/aromatic N) is 1. The average Bonchev–Trinajstić information content (AvgIpc) is 2.21. The zero-order chi connectivity index (χ0) is 11.6. The Morgan fingerprint density at radius 2 is 2.00 bits per heavy atom. The highest BCUT2D eigenvalue weighted by atomic mass is 35.5. The zero-order valence-corrected chi connectivity index (χ0v) is 10.1. The van der Waals surface area contributed by atoms with Crippen LogP contribution in [0.4, 0.5) is 0 Å². The summed E-state index contributed by atoms with van der Waals surface area (Å²) in [7, 11) is 1.58. The molecule has 0 radical (unpaired) electrons. The third-order valence-corrected chi connectivity index (χ3v) is 2.91. The quantitative estimate of drug-likeness (QED) is 0.769. The topological polar surface area (TPSA) is 33.0 Å². The van der Waals surface area contributed by atoms with Crippen LogP contribution in [0.15, 0.2) is 12.1 Å². The van der Waals surface area contributed by atoms with E-state index in [-0.39, 0.29) is 0 Å². The lowest BCUT2D eigenvalue weighted by Crippen LogP contribution is -2.16. The predicted octanol–water partition coefficient (Wildman–Crippen LogP) is 3.46. The van der Waals surface area contributed by atoms with Crippen LogP contribution in [0.5, 0.6) is 5.75 Å². The van der Waals surface area contributed by atoms with Crippen molar-refractivity contribution in [2.24, 2.45) is 0 Å². The molecule has 80 valence electrons. The Balaban J connectivity index is 3.51. The summed E-state index contributed by atoms with van der Waals surface area (Å²) < 4.78 is 5.23. The summed E-state index contributed by atoms with van der Waals surface area (Å²) >= 11 is 6.21. The molecule has 0 aliphatic rings. The molecule has 0 amide bonds. The van der Waals surface area contributed by atoms with E-state index in [4.69, 9.17) is 21.6 Å². The van der Waals surface area contributed by atoms with Crippen LogP contribution in [0.25, 0.3) is 0 Å². The van der Waals surface area contributed by atoms with Gasteiger partial charge in [-0.2, -0.15) is 5.26 Å². The number of aryl methyl sites for hydroxylation is 1. The first-order valence-electron chi connectivity index (χ1n) is 4.69. The van der Waals surface area contributed by atoms with Gasteiger partial charge in [-0.15, -0.1) is 0 Å². The summed E-state index contributed by atoms with van der Waals surface area (Å²) in [6.45, 7) is 5.57. The summed E-state index contributed by atoms with van der Waals surface area (Å²) in [5.74, 6) is 0.664. The van der Waals surface area contributed by atoms with Crippen LogP contribution in [0, 0.1) is 18.3 Å². The van der Waals surface area contributed by atoms with E-state index >= 15 is 0 Å². The summed E-state index contributed by atoms with van der Waals surface area (Å²) in [5.41, 5.74) is 1.07. The summed E-state index contributed by atoms with van der Waals surface area (Å²) in [6, 6.07) is 5.97. The van der Waals surface area contributed by atoms with Crippen molar-refractivity contribution in [2.75, 3.05) is 7.11 Å². The minimum atomic E-state index is -0.644. The predicted molar refractivity (Wildman–Crippen MR) is 61.4 cm³/mol. The van der Waals surface area contributed by atoms with E-state index < -0.39 is 5.41 Å². The second-order valence-electron chi connectivity index (χ2n) is 4.01. The Labute approximate surface area is 95.4 Å². The number of rotatable bonds is 2. The Hall–Kier alpha value is -1.20. The van der Waals surface area contributed by atoms with Gasteiger partial charge in [-0.25, -0.2) is 0 Å². The lowest BCUT2D eigenvalue weighted by molar-refractivity contribution is 0.403. The van der Waals surface area contributed by atoms with Gasteiger partial charge in [-0.05, 0) is 32.4 Å². The fourth-order valence-corrected chi connectivity index (χ4v) is 1.86. The van der Waals surface area contributed by atoms with Crippen LogP contribution >= 0.6 is 11.6 Å². The first-order valence-corrected chi connectivity index (χ1v) is 5.06. The Morgan fingerprint density at radius 1 is 1.40 bits per heavy atom. The molecule has 15 heavy (non-hydrogen) atoms. The van der Waals surface area contributed by atoms with Crippen LogP contribution in [0.1, 0.15) is 25.0 Å². The van der Waals surface area contributed by atoms with Gasteiger partial charge in [-0.1, -0.05) is 17.7 Å². The monoisotopic (exact) mass is 223 g/mol. The van der Waals surface area contributed by atoms with Crippen molar-refractivity contribution in [3.05, 3.63) is 28.3 Å². The van der Waals surface area contributed by atoms with Crippen LogP contribution in [-0.2, 0) is 5.41 Å². The van der Waals surface area contributed by atoms with Gasteiger partial charge in [0, 0.05) is 5.56 Å². The second-order valence-corrected chi connectivity index (χ2v) is 4.39. The smallest absolute Gasteiger partial charge is 0.125 e. The van der Waals surface area contributed by atoms with E-state index in [0.29, 0.717) is 10.8 Å². The summed E-state index contributed by atoms with van der Waals surface area (Å²) in [6.07, 6.45) is 0. The third-order valence-electron chi connectivity index (χ3n) is 2.42. The molecule has 0 unspecified atom stereocenters. The molecule has 2 nitrogen and oxygen atoms in total. The van der Waals surface area contributed by atoms with E-state index in [0.717, 1.165) is 11.1 Å². The number of ether oxygens (including phenoxy) is 1. The van der Waals surface area contributed by atoms with E-state index in [1.165, 1.54) is 0 Å². The fourth-order valence-electron chi connectivity index (χ4n) is 1.47. The van der Waals surface area contributed by atoms with Crippen LogP contribution in [0.3, 0.4) is 0 Å². The van der Waals surface area contributed by atoms with E-state index in [1.54, 1.807) is 7.11 Å². The molecule has 0 heterocycles. The molecule has 0 aliphatic heterocycles. The first kappa shape index (κ1) is 11.9. The number of nitriles is 1. The van der Waals surface area contributed by atoms with Crippen molar-refractivity contribution in [2.45, 2.75) is 26.2 Å². The number of benzene rings is 1. The van der Waals surface area contributed by atoms with Crippen molar-refractivity contribution in [1.29, 1.82) is 5.26 Å². The van der Waals surface area contributed by atoms with Crippen molar-refractivity contribution >= 4 is 11.6 Å². The van der Waals surface area contributed by atoms with Gasteiger partial charge in [0.2, 0.25) is 0 Å².